The SMILES string of the molecule is CCN1CNC(c2ccc(Cl)cc2)C2=C1CC(C)C(C)=C2C. The van der Waals surface area contributed by atoms with Crippen LogP contribution in [0.25, 0.3) is 0 Å². The molecule has 1 aromatic rings. The predicted octanol–water partition coefficient (Wildman–Crippen LogP) is 4.89. The molecule has 1 aromatic carbocycles. The predicted molar refractivity (Wildman–Crippen MR) is 93.8 cm³/mol. The molecule has 2 nitrogen and oxygen atoms in total. The van der Waals surface area contributed by atoms with E-state index >= 15 is 0 Å². The highest BCUT2D eigenvalue weighted by Gasteiger charge is 2.33. The first kappa shape index (κ1) is 15.6. The fourth-order valence-electron chi connectivity index (χ4n) is 3.68. The van der Waals surface area contributed by atoms with Crippen LogP contribution in [-0.2, 0) is 0 Å². The lowest BCUT2D eigenvalue weighted by atomic mass is 9.78. The number of hydrogen-bond acceptors (Lipinski definition) is 2. The molecule has 0 radical (unpaired) electrons. The monoisotopic (exact) mass is 316 g/mol. The van der Waals surface area contributed by atoms with E-state index in [2.05, 4.69) is 50.0 Å². The largest absolute Gasteiger partial charge is 0.362 e. The number of hydrogen-bond donors (Lipinski definition) is 1. The average Bonchev–Trinajstić information content (AvgIpc) is 2.52. The molecule has 118 valence electrons. The number of rotatable bonds is 2. The van der Waals surface area contributed by atoms with Gasteiger partial charge in [0.25, 0.3) is 0 Å². The molecule has 2 atom stereocenters. The molecule has 22 heavy (non-hydrogen) atoms. The van der Waals surface area contributed by atoms with Gasteiger partial charge < -0.3 is 4.90 Å². The summed E-state index contributed by atoms with van der Waals surface area (Å²) in [7, 11) is 0. The molecule has 1 N–H and O–H groups in total. The average molecular weight is 317 g/mol. The Kier molecular flexibility index (Phi) is 4.33. The molecule has 1 aliphatic carbocycles. The highest BCUT2D eigenvalue weighted by atomic mass is 35.5. The molecule has 0 spiro atoms. The third kappa shape index (κ3) is 2.59. The minimum atomic E-state index is 0.275. The smallest absolute Gasteiger partial charge is 0.0686 e. The summed E-state index contributed by atoms with van der Waals surface area (Å²) in [4.78, 5) is 2.48. The van der Waals surface area contributed by atoms with Crippen molar-refractivity contribution in [2.75, 3.05) is 13.2 Å². The van der Waals surface area contributed by atoms with Crippen LogP contribution in [0.5, 0.6) is 0 Å². The van der Waals surface area contributed by atoms with Crippen molar-refractivity contribution in [2.24, 2.45) is 5.92 Å². The van der Waals surface area contributed by atoms with Crippen LogP contribution in [0.15, 0.2) is 46.7 Å². The van der Waals surface area contributed by atoms with Gasteiger partial charge in [0.2, 0.25) is 0 Å². The summed E-state index contributed by atoms with van der Waals surface area (Å²) < 4.78 is 0. The summed E-state index contributed by atoms with van der Waals surface area (Å²) in [6.45, 7) is 11.1. The molecule has 0 saturated carbocycles. The molecule has 3 rings (SSSR count). The van der Waals surface area contributed by atoms with E-state index in [0.717, 1.165) is 24.7 Å². The molecule has 0 aromatic heterocycles. The molecule has 0 fully saturated rings. The minimum Gasteiger partial charge on any atom is -0.362 e. The second-order valence-electron chi connectivity index (χ2n) is 6.48. The van der Waals surface area contributed by atoms with Crippen molar-refractivity contribution < 1.29 is 0 Å². The van der Waals surface area contributed by atoms with Gasteiger partial charge in [0.1, 0.15) is 0 Å². The lowest BCUT2D eigenvalue weighted by molar-refractivity contribution is 0.265. The Morgan fingerprint density at radius 1 is 1.23 bits per heavy atom. The van der Waals surface area contributed by atoms with Crippen molar-refractivity contribution in [3.63, 3.8) is 0 Å². The molecular formula is C19H25ClN2. The van der Waals surface area contributed by atoms with E-state index in [1.54, 1.807) is 0 Å². The molecular weight excluding hydrogens is 292 g/mol. The number of nitrogens with zero attached hydrogens (tertiary/aromatic N) is 1. The molecule has 2 unspecified atom stereocenters. The van der Waals surface area contributed by atoms with Crippen LogP contribution in [0.1, 0.15) is 45.7 Å². The maximum atomic E-state index is 6.05. The van der Waals surface area contributed by atoms with Crippen molar-refractivity contribution in [3.05, 3.63) is 57.3 Å². The lowest BCUT2D eigenvalue weighted by Crippen LogP contribution is -2.44. The number of benzene rings is 1. The Hall–Kier alpha value is -1.25. The number of nitrogens with one attached hydrogen (secondary N) is 1. The zero-order valence-corrected chi connectivity index (χ0v) is 14.7. The summed E-state index contributed by atoms with van der Waals surface area (Å²) in [5.41, 5.74) is 7.29. The van der Waals surface area contributed by atoms with Gasteiger partial charge in [-0.15, -0.1) is 0 Å². The van der Waals surface area contributed by atoms with Crippen LogP contribution < -0.4 is 5.32 Å². The molecule has 1 heterocycles. The summed E-state index contributed by atoms with van der Waals surface area (Å²) in [5, 5.41) is 4.51. The molecule has 0 saturated heterocycles. The van der Waals surface area contributed by atoms with E-state index in [1.807, 2.05) is 12.1 Å². The Morgan fingerprint density at radius 3 is 2.55 bits per heavy atom. The van der Waals surface area contributed by atoms with E-state index in [4.69, 9.17) is 11.6 Å². The van der Waals surface area contributed by atoms with Crippen molar-refractivity contribution >= 4 is 11.6 Å². The lowest BCUT2D eigenvalue weighted by Gasteiger charge is -2.43. The Labute approximate surface area is 138 Å². The van der Waals surface area contributed by atoms with E-state index in [1.165, 1.54) is 28.0 Å². The summed E-state index contributed by atoms with van der Waals surface area (Å²) in [6, 6.07) is 8.54. The summed E-state index contributed by atoms with van der Waals surface area (Å²) in [6.07, 6.45) is 1.15. The van der Waals surface area contributed by atoms with Gasteiger partial charge in [0.05, 0.1) is 12.7 Å². The highest BCUT2D eigenvalue weighted by Crippen LogP contribution is 2.43. The minimum absolute atomic E-state index is 0.275. The van der Waals surface area contributed by atoms with Gasteiger partial charge in [-0.2, -0.15) is 0 Å². The quantitative estimate of drug-likeness (QED) is 0.835. The maximum absolute atomic E-state index is 6.05. The second kappa shape index (κ2) is 6.10. The summed E-state index contributed by atoms with van der Waals surface area (Å²) in [5.74, 6) is 0.636. The topological polar surface area (TPSA) is 15.3 Å². The first-order chi connectivity index (χ1) is 10.5. The van der Waals surface area contributed by atoms with E-state index < -0.39 is 0 Å². The van der Waals surface area contributed by atoms with Crippen molar-refractivity contribution in [3.8, 4) is 0 Å². The van der Waals surface area contributed by atoms with Gasteiger partial charge in [-0.25, -0.2) is 0 Å². The molecule has 0 bridgehead atoms. The Morgan fingerprint density at radius 2 is 1.91 bits per heavy atom. The molecule has 3 heteroatoms. The van der Waals surface area contributed by atoms with Gasteiger partial charge in [0, 0.05) is 17.3 Å². The fourth-order valence-corrected chi connectivity index (χ4v) is 3.80. The van der Waals surface area contributed by atoms with Gasteiger partial charge in [-0.1, -0.05) is 36.2 Å². The van der Waals surface area contributed by atoms with Gasteiger partial charge in [0.15, 0.2) is 0 Å². The van der Waals surface area contributed by atoms with Crippen LogP contribution in [-0.4, -0.2) is 18.1 Å². The van der Waals surface area contributed by atoms with Crippen LogP contribution in [0.4, 0.5) is 0 Å². The Bertz CT molecular complexity index is 627. The zero-order chi connectivity index (χ0) is 15.9. The highest BCUT2D eigenvalue weighted by molar-refractivity contribution is 6.30. The third-order valence-corrected chi connectivity index (χ3v) is 5.54. The van der Waals surface area contributed by atoms with Crippen LogP contribution >= 0.6 is 11.6 Å². The maximum Gasteiger partial charge on any atom is 0.0686 e. The Balaban J connectivity index is 2.09. The standard InChI is InChI=1S/C19H25ClN2/c1-5-22-11-21-19(15-6-8-16(20)9-7-15)18-14(4)13(3)12(2)10-17(18)22/h6-9,12,19,21H,5,10-11H2,1-4H3. The fraction of sp³-hybridized carbons (Fsp3) is 0.474. The first-order valence-corrected chi connectivity index (χ1v) is 8.55. The van der Waals surface area contributed by atoms with E-state index in [-0.39, 0.29) is 6.04 Å². The van der Waals surface area contributed by atoms with Crippen molar-refractivity contribution in [1.82, 2.24) is 10.2 Å². The van der Waals surface area contributed by atoms with Crippen molar-refractivity contribution in [1.29, 1.82) is 0 Å². The first-order valence-electron chi connectivity index (χ1n) is 8.17. The van der Waals surface area contributed by atoms with Crippen LogP contribution in [0.3, 0.4) is 0 Å². The van der Waals surface area contributed by atoms with E-state index in [9.17, 15) is 0 Å². The number of allylic oxidation sites excluding steroid dienone is 2. The second-order valence-corrected chi connectivity index (χ2v) is 6.91. The third-order valence-electron chi connectivity index (χ3n) is 5.29. The van der Waals surface area contributed by atoms with Crippen molar-refractivity contribution in [2.45, 2.75) is 40.2 Å². The molecule has 0 amide bonds. The van der Waals surface area contributed by atoms with Gasteiger partial charge in [-0.3, -0.25) is 5.32 Å². The van der Waals surface area contributed by atoms with E-state index in [0.29, 0.717) is 5.92 Å². The zero-order valence-electron chi connectivity index (χ0n) is 13.9. The van der Waals surface area contributed by atoms with Gasteiger partial charge >= 0.3 is 0 Å². The summed E-state index contributed by atoms with van der Waals surface area (Å²) >= 11 is 6.05. The number of halogens is 1. The molecule has 1 aliphatic heterocycles. The van der Waals surface area contributed by atoms with Crippen LogP contribution in [0, 0.1) is 5.92 Å². The normalized spacial score (nSPS) is 25.6. The van der Waals surface area contributed by atoms with Crippen LogP contribution in [0.2, 0.25) is 5.02 Å². The molecule has 2 aliphatic rings. The van der Waals surface area contributed by atoms with Gasteiger partial charge in [-0.05, 0) is 62.0 Å².